The molecule has 1 aromatic carbocycles. The molecule has 0 aliphatic rings. The van der Waals surface area contributed by atoms with Gasteiger partial charge >= 0.3 is 0 Å². The van der Waals surface area contributed by atoms with Crippen molar-refractivity contribution in [1.29, 1.82) is 0 Å². The average molecular weight is 361 g/mol. The summed E-state index contributed by atoms with van der Waals surface area (Å²) < 4.78 is 0. The van der Waals surface area contributed by atoms with Gasteiger partial charge in [0.05, 0.1) is 0 Å². The number of rotatable bonds is 14. The largest absolute Gasteiger partial charge is 0.385 e. The van der Waals surface area contributed by atoms with Gasteiger partial charge in [-0.1, -0.05) is 67.2 Å². The Morgan fingerprint density at radius 1 is 0.654 bits per heavy atom. The van der Waals surface area contributed by atoms with Crippen molar-refractivity contribution < 1.29 is 0 Å². The summed E-state index contributed by atoms with van der Waals surface area (Å²) in [4.78, 5) is 0. The Kier molecular flexibility index (Phi) is 11.5. The second-order valence-corrected chi connectivity index (χ2v) is 7.87. The van der Waals surface area contributed by atoms with E-state index in [0.29, 0.717) is 11.8 Å². The van der Waals surface area contributed by atoms with E-state index in [2.05, 4.69) is 64.3 Å². The third kappa shape index (κ3) is 6.85. The number of unbranched alkanes of at least 4 members (excludes halogenated alkanes) is 4. The number of anilines is 2. The van der Waals surface area contributed by atoms with Crippen LogP contribution in [0.3, 0.4) is 0 Å². The van der Waals surface area contributed by atoms with E-state index in [1.54, 1.807) is 11.1 Å². The van der Waals surface area contributed by atoms with Gasteiger partial charge in [-0.05, 0) is 60.8 Å². The molecule has 1 rings (SSSR count). The average Bonchev–Trinajstić information content (AvgIpc) is 2.67. The minimum Gasteiger partial charge on any atom is -0.385 e. The lowest BCUT2D eigenvalue weighted by molar-refractivity contribution is 0.675. The van der Waals surface area contributed by atoms with Crippen molar-refractivity contribution in [2.24, 2.45) is 0 Å². The molecule has 0 radical (unpaired) electrons. The zero-order valence-corrected chi connectivity index (χ0v) is 18.4. The van der Waals surface area contributed by atoms with Crippen molar-refractivity contribution in [3.63, 3.8) is 0 Å². The van der Waals surface area contributed by atoms with E-state index in [4.69, 9.17) is 0 Å². The monoisotopic (exact) mass is 360 g/mol. The first-order valence-electron chi connectivity index (χ1n) is 11.2. The molecular formula is C24H44N2. The lowest BCUT2D eigenvalue weighted by Crippen LogP contribution is -2.13. The fourth-order valence-corrected chi connectivity index (χ4v) is 3.61. The van der Waals surface area contributed by atoms with Crippen LogP contribution in [0.1, 0.15) is 116 Å². The molecule has 0 aromatic heterocycles. The van der Waals surface area contributed by atoms with Crippen LogP contribution in [0.4, 0.5) is 11.4 Å². The Hall–Kier alpha value is -1.18. The van der Waals surface area contributed by atoms with Crippen molar-refractivity contribution in [3.8, 4) is 0 Å². The number of hydrogen-bond acceptors (Lipinski definition) is 2. The van der Waals surface area contributed by atoms with Gasteiger partial charge in [0, 0.05) is 24.5 Å². The maximum atomic E-state index is 3.76. The van der Waals surface area contributed by atoms with Crippen LogP contribution in [0, 0.1) is 0 Å². The standard InChI is InChI=1S/C24H44N2/c1-7-11-13-17-25-21-15-16-22(26-18-14-12-8-2)24(20(6)10-4)23(21)19(5)9-3/h15-16,19-20,25-26H,7-14,17-18H2,1-6H3. The molecule has 0 saturated carbocycles. The van der Waals surface area contributed by atoms with Crippen LogP contribution in [-0.2, 0) is 0 Å². The van der Waals surface area contributed by atoms with Crippen LogP contribution >= 0.6 is 0 Å². The zero-order chi connectivity index (χ0) is 19.4. The zero-order valence-electron chi connectivity index (χ0n) is 18.4. The van der Waals surface area contributed by atoms with Crippen LogP contribution in [0.25, 0.3) is 0 Å². The lowest BCUT2D eigenvalue weighted by atomic mass is 9.84. The first kappa shape index (κ1) is 22.9. The molecule has 26 heavy (non-hydrogen) atoms. The van der Waals surface area contributed by atoms with E-state index in [1.165, 1.54) is 62.7 Å². The first-order chi connectivity index (χ1) is 12.6. The maximum absolute atomic E-state index is 3.76. The molecule has 0 amide bonds. The summed E-state index contributed by atoms with van der Waals surface area (Å²) >= 11 is 0. The van der Waals surface area contributed by atoms with Crippen molar-refractivity contribution in [2.75, 3.05) is 23.7 Å². The van der Waals surface area contributed by atoms with Gasteiger partial charge < -0.3 is 10.6 Å². The van der Waals surface area contributed by atoms with Crippen molar-refractivity contribution >= 4 is 11.4 Å². The summed E-state index contributed by atoms with van der Waals surface area (Å²) in [5.41, 5.74) is 5.84. The first-order valence-corrected chi connectivity index (χ1v) is 11.2. The smallest absolute Gasteiger partial charge is 0.0379 e. The summed E-state index contributed by atoms with van der Waals surface area (Å²) in [5, 5.41) is 7.52. The summed E-state index contributed by atoms with van der Waals surface area (Å²) in [5.74, 6) is 1.18. The highest BCUT2D eigenvalue weighted by Crippen LogP contribution is 2.40. The van der Waals surface area contributed by atoms with Crippen molar-refractivity contribution in [1.82, 2.24) is 0 Å². The fourth-order valence-electron chi connectivity index (χ4n) is 3.61. The molecule has 0 saturated heterocycles. The Balaban J connectivity index is 3.14. The predicted molar refractivity (Wildman–Crippen MR) is 120 cm³/mol. The fraction of sp³-hybridized carbons (Fsp3) is 0.750. The van der Waals surface area contributed by atoms with Gasteiger partial charge in [0.1, 0.15) is 0 Å². The highest BCUT2D eigenvalue weighted by Gasteiger charge is 2.21. The molecule has 0 bridgehead atoms. The second kappa shape index (κ2) is 13.1. The third-order valence-electron chi connectivity index (χ3n) is 5.69. The molecule has 0 heterocycles. The van der Waals surface area contributed by atoms with E-state index in [9.17, 15) is 0 Å². The van der Waals surface area contributed by atoms with Crippen LogP contribution < -0.4 is 10.6 Å². The van der Waals surface area contributed by atoms with Crippen LogP contribution in [0.15, 0.2) is 12.1 Å². The molecule has 2 atom stereocenters. The second-order valence-electron chi connectivity index (χ2n) is 7.87. The van der Waals surface area contributed by atoms with Gasteiger partial charge in [0.15, 0.2) is 0 Å². The molecule has 0 fully saturated rings. The minimum absolute atomic E-state index is 0.588. The SMILES string of the molecule is CCCCCNc1ccc(NCCCCC)c(C(C)CC)c1C(C)CC. The molecule has 0 aliphatic heterocycles. The number of hydrogen-bond donors (Lipinski definition) is 2. The number of benzene rings is 1. The minimum atomic E-state index is 0.588. The molecule has 1 aromatic rings. The quantitative estimate of drug-likeness (QED) is 0.329. The predicted octanol–water partition coefficient (Wildman–Crippen LogP) is 7.92. The van der Waals surface area contributed by atoms with Gasteiger partial charge in [0.2, 0.25) is 0 Å². The molecule has 2 nitrogen and oxygen atoms in total. The molecule has 2 N–H and O–H groups in total. The summed E-state index contributed by atoms with van der Waals surface area (Å²) in [6, 6.07) is 4.64. The van der Waals surface area contributed by atoms with Crippen molar-refractivity contribution in [2.45, 2.75) is 105 Å². The van der Waals surface area contributed by atoms with Gasteiger partial charge in [-0.3, -0.25) is 0 Å². The van der Waals surface area contributed by atoms with Crippen LogP contribution in [0.2, 0.25) is 0 Å². The summed E-state index contributed by atoms with van der Waals surface area (Å²) in [6.07, 6.45) is 10.1. The molecule has 2 heteroatoms. The van der Waals surface area contributed by atoms with Crippen molar-refractivity contribution in [3.05, 3.63) is 23.3 Å². The van der Waals surface area contributed by atoms with Crippen LogP contribution in [0.5, 0.6) is 0 Å². The molecule has 0 aliphatic carbocycles. The normalized spacial score (nSPS) is 13.5. The topological polar surface area (TPSA) is 24.1 Å². The van der Waals surface area contributed by atoms with E-state index >= 15 is 0 Å². The van der Waals surface area contributed by atoms with Gasteiger partial charge in [-0.2, -0.15) is 0 Å². The Morgan fingerprint density at radius 2 is 1.04 bits per heavy atom. The third-order valence-corrected chi connectivity index (χ3v) is 5.69. The number of nitrogens with one attached hydrogen (secondary N) is 2. The van der Waals surface area contributed by atoms with Crippen LogP contribution in [-0.4, -0.2) is 13.1 Å². The summed E-state index contributed by atoms with van der Waals surface area (Å²) in [6.45, 7) is 16.1. The molecule has 150 valence electrons. The molecule has 0 spiro atoms. The highest BCUT2D eigenvalue weighted by molar-refractivity contribution is 5.68. The van der Waals surface area contributed by atoms with E-state index < -0.39 is 0 Å². The van der Waals surface area contributed by atoms with Gasteiger partial charge in [-0.25, -0.2) is 0 Å². The molecular weight excluding hydrogens is 316 g/mol. The van der Waals surface area contributed by atoms with Gasteiger partial charge in [-0.15, -0.1) is 0 Å². The Bertz CT molecular complexity index is 450. The molecule has 2 unspecified atom stereocenters. The van der Waals surface area contributed by atoms with E-state index in [1.807, 2.05) is 0 Å². The van der Waals surface area contributed by atoms with E-state index in [-0.39, 0.29) is 0 Å². The van der Waals surface area contributed by atoms with Gasteiger partial charge in [0.25, 0.3) is 0 Å². The Morgan fingerprint density at radius 3 is 1.35 bits per heavy atom. The Labute approximate surface area is 163 Å². The maximum Gasteiger partial charge on any atom is 0.0379 e. The lowest BCUT2D eigenvalue weighted by Gasteiger charge is -2.27. The highest BCUT2D eigenvalue weighted by atomic mass is 14.9. The summed E-state index contributed by atoms with van der Waals surface area (Å²) in [7, 11) is 0. The van der Waals surface area contributed by atoms with E-state index in [0.717, 1.165) is 13.1 Å².